The lowest BCUT2D eigenvalue weighted by Gasteiger charge is -2.07. The third kappa shape index (κ3) is 2.37. The van der Waals surface area contributed by atoms with E-state index in [2.05, 4.69) is 10.2 Å². The van der Waals surface area contributed by atoms with Crippen molar-refractivity contribution in [2.24, 2.45) is 0 Å². The van der Waals surface area contributed by atoms with E-state index in [9.17, 15) is 14.4 Å². The third-order valence-electron chi connectivity index (χ3n) is 3.04. The van der Waals surface area contributed by atoms with Crippen LogP contribution in [-0.2, 0) is 16.0 Å². The quantitative estimate of drug-likeness (QED) is 0.626. The molecule has 0 bridgehead atoms. The number of amides is 2. The number of carbonyl (C=O) groups is 3. The van der Waals surface area contributed by atoms with E-state index in [0.29, 0.717) is 16.1 Å². The number of hydrogen-bond donors (Lipinski definition) is 0. The van der Waals surface area contributed by atoms with Crippen molar-refractivity contribution in [1.82, 2.24) is 10.2 Å². The molecular formula is C14H11N3O4S. The number of aromatic nitrogens is 2. The Labute approximate surface area is 129 Å². The van der Waals surface area contributed by atoms with Gasteiger partial charge in [-0.25, -0.2) is 4.90 Å². The Bertz CT molecular complexity index is 736. The molecule has 0 aliphatic carbocycles. The van der Waals surface area contributed by atoms with Gasteiger partial charge in [-0.3, -0.25) is 14.4 Å². The molecule has 3 rings (SSSR count). The van der Waals surface area contributed by atoms with Crippen LogP contribution in [0.25, 0.3) is 0 Å². The minimum atomic E-state index is -0.431. The Morgan fingerprint density at radius 3 is 2.41 bits per heavy atom. The first-order valence-corrected chi connectivity index (χ1v) is 7.39. The highest BCUT2D eigenvalue weighted by Crippen LogP contribution is 2.30. The van der Waals surface area contributed by atoms with Gasteiger partial charge in [0.05, 0.1) is 24.2 Å². The van der Waals surface area contributed by atoms with Crippen LogP contribution in [0.5, 0.6) is 0 Å². The lowest BCUT2D eigenvalue weighted by atomic mass is 10.1. The Morgan fingerprint density at radius 1 is 1.18 bits per heavy atom. The van der Waals surface area contributed by atoms with Crippen molar-refractivity contribution in [3.05, 3.63) is 40.4 Å². The van der Waals surface area contributed by atoms with Crippen molar-refractivity contribution in [2.75, 3.05) is 11.5 Å². The first-order chi connectivity index (χ1) is 10.6. The predicted octanol–water partition coefficient (Wildman–Crippen LogP) is 1.44. The summed E-state index contributed by atoms with van der Waals surface area (Å²) in [6.45, 7) is 1.99. The molecule has 112 valence electrons. The summed E-state index contributed by atoms with van der Waals surface area (Å²) in [5.74, 6) is -1.29. The number of anilines is 1. The summed E-state index contributed by atoms with van der Waals surface area (Å²) in [7, 11) is 0. The fourth-order valence-electron chi connectivity index (χ4n) is 2.11. The molecule has 1 aliphatic heterocycles. The number of nitrogens with zero attached hydrogens (tertiary/aromatic N) is 3. The van der Waals surface area contributed by atoms with Crippen LogP contribution in [0.15, 0.2) is 24.3 Å². The predicted molar refractivity (Wildman–Crippen MR) is 77.8 cm³/mol. The van der Waals surface area contributed by atoms with E-state index in [1.165, 1.54) is 0 Å². The van der Waals surface area contributed by atoms with Crippen LogP contribution >= 0.6 is 11.3 Å². The lowest BCUT2D eigenvalue weighted by Crippen LogP contribution is -2.29. The molecule has 1 aromatic heterocycles. The highest BCUT2D eigenvalue weighted by molar-refractivity contribution is 7.15. The average molecular weight is 317 g/mol. The second-order valence-electron chi connectivity index (χ2n) is 4.45. The molecule has 2 aromatic rings. The number of carbonyl (C=O) groups excluding carboxylic acids is 3. The number of benzene rings is 1. The van der Waals surface area contributed by atoms with Crippen molar-refractivity contribution < 1.29 is 19.1 Å². The minimum absolute atomic E-state index is 0.0331. The Kier molecular flexibility index (Phi) is 3.68. The first-order valence-electron chi connectivity index (χ1n) is 6.57. The van der Waals surface area contributed by atoms with Gasteiger partial charge < -0.3 is 4.74 Å². The maximum Gasteiger partial charge on any atom is 0.312 e. The van der Waals surface area contributed by atoms with Gasteiger partial charge in [0.15, 0.2) is 0 Å². The molecule has 1 aliphatic rings. The molecule has 0 fully saturated rings. The van der Waals surface area contributed by atoms with Gasteiger partial charge in [-0.2, -0.15) is 0 Å². The highest BCUT2D eigenvalue weighted by atomic mass is 32.1. The lowest BCUT2D eigenvalue weighted by molar-refractivity contribution is -0.142. The normalized spacial score (nSPS) is 13.4. The van der Waals surface area contributed by atoms with Crippen LogP contribution in [0.1, 0.15) is 32.6 Å². The van der Waals surface area contributed by atoms with Gasteiger partial charge in [-0.05, 0) is 19.1 Å². The van der Waals surface area contributed by atoms with Crippen LogP contribution in [0.4, 0.5) is 5.13 Å². The zero-order valence-corrected chi connectivity index (χ0v) is 12.4. The molecule has 2 amide bonds. The van der Waals surface area contributed by atoms with E-state index < -0.39 is 17.8 Å². The van der Waals surface area contributed by atoms with Gasteiger partial charge >= 0.3 is 5.97 Å². The first kappa shape index (κ1) is 14.3. The number of ether oxygens (including phenoxy) is 1. The molecular weight excluding hydrogens is 306 g/mol. The summed E-state index contributed by atoms with van der Waals surface area (Å²) in [5.41, 5.74) is 0.685. The van der Waals surface area contributed by atoms with Crippen LogP contribution in [-0.4, -0.2) is 34.6 Å². The van der Waals surface area contributed by atoms with E-state index in [0.717, 1.165) is 16.2 Å². The van der Waals surface area contributed by atoms with Gasteiger partial charge in [0.1, 0.15) is 5.01 Å². The van der Waals surface area contributed by atoms with E-state index in [4.69, 9.17) is 4.74 Å². The Morgan fingerprint density at radius 2 is 1.82 bits per heavy atom. The number of hydrogen-bond acceptors (Lipinski definition) is 7. The van der Waals surface area contributed by atoms with Gasteiger partial charge in [0.2, 0.25) is 5.13 Å². The second-order valence-corrected chi connectivity index (χ2v) is 5.49. The average Bonchev–Trinajstić information content (AvgIpc) is 3.04. The van der Waals surface area contributed by atoms with Gasteiger partial charge in [-0.15, -0.1) is 10.2 Å². The van der Waals surface area contributed by atoms with Crippen molar-refractivity contribution in [1.29, 1.82) is 0 Å². The summed E-state index contributed by atoms with van der Waals surface area (Å²) in [4.78, 5) is 37.0. The second kappa shape index (κ2) is 5.64. The van der Waals surface area contributed by atoms with E-state index in [1.807, 2.05) is 0 Å². The van der Waals surface area contributed by atoms with Crippen molar-refractivity contribution in [3.63, 3.8) is 0 Å². The SMILES string of the molecule is CCOC(=O)Cc1nnc(N2C(=O)c3ccccc3C2=O)s1. The monoisotopic (exact) mass is 317 g/mol. The number of rotatable bonds is 4. The molecule has 0 atom stereocenters. The maximum atomic E-state index is 12.3. The van der Waals surface area contributed by atoms with Crippen LogP contribution in [0, 0.1) is 0 Å². The van der Waals surface area contributed by atoms with Crippen molar-refractivity contribution in [2.45, 2.75) is 13.3 Å². The largest absolute Gasteiger partial charge is 0.466 e. The molecule has 0 spiro atoms. The third-order valence-corrected chi connectivity index (χ3v) is 3.95. The van der Waals surface area contributed by atoms with Gasteiger partial charge in [0.25, 0.3) is 11.8 Å². The highest BCUT2D eigenvalue weighted by Gasteiger charge is 2.38. The molecule has 0 saturated carbocycles. The Balaban J connectivity index is 1.85. The number of imide groups is 1. The standard InChI is InChI=1S/C14H11N3O4S/c1-2-21-11(18)7-10-15-16-14(22-10)17-12(19)8-5-3-4-6-9(8)13(17)20/h3-6H,2,7H2,1H3. The molecule has 8 heteroatoms. The molecule has 0 radical (unpaired) electrons. The summed E-state index contributed by atoms with van der Waals surface area (Å²) in [6.07, 6.45) is -0.0331. The molecule has 22 heavy (non-hydrogen) atoms. The van der Waals surface area contributed by atoms with Gasteiger partial charge in [0, 0.05) is 0 Å². The zero-order valence-electron chi connectivity index (χ0n) is 11.6. The van der Waals surface area contributed by atoms with E-state index >= 15 is 0 Å². The van der Waals surface area contributed by atoms with Gasteiger partial charge in [-0.1, -0.05) is 23.5 Å². The molecule has 0 saturated heterocycles. The summed E-state index contributed by atoms with van der Waals surface area (Å²) < 4.78 is 4.83. The summed E-state index contributed by atoms with van der Waals surface area (Å²) in [6, 6.07) is 6.58. The number of fused-ring (bicyclic) bond motifs is 1. The van der Waals surface area contributed by atoms with Crippen LogP contribution in [0.3, 0.4) is 0 Å². The molecule has 1 aromatic carbocycles. The summed E-state index contributed by atoms with van der Waals surface area (Å²) >= 11 is 1.02. The molecule has 0 N–H and O–H groups in total. The topological polar surface area (TPSA) is 89.5 Å². The van der Waals surface area contributed by atoms with E-state index in [-0.39, 0.29) is 18.2 Å². The fraction of sp³-hybridized carbons (Fsp3) is 0.214. The smallest absolute Gasteiger partial charge is 0.312 e. The molecule has 0 unspecified atom stereocenters. The van der Waals surface area contributed by atoms with E-state index in [1.54, 1.807) is 31.2 Å². The fourth-order valence-corrected chi connectivity index (χ4v) is 2.93. The molecule has 7 nitrogen and oxygen atoms in total. The zero-order chi connectivity index (χ0) is 15.7. The molecule has 2 heterocycles. The van der Waals surface area contributed by atoms with Crippen molar-refractivity contribution >= 4 is 34.3 Å². The van der Waals surface area contributed by atoms with Crippen molar-refractivity contribution in [3.8, 4) is 0 Å². The number of esters is 1. The van der Waals surface area contributed by atoms with Crippen LogP contribution < -0.4 is 4.90 Å². The minimum Gasteiger partial charge on any atom is -0.466 e. The Hall–Kier alpha value is -2.61. The van der Waals surface area contributed by atoms with Crippen LogP contribution in [0.2, 0.25) is 0 Å². The maximum absolute atomic E-state index is 12.3. The summed E-state index contributed by atoms with van der Waals surface area (Å²) in [5, 5.41) is 8.23.